The molecule has 0 bridgehead atoms. The molecule has 0 N–H and O–H groups in total. The maximum atomic E-state index is 2.52. The summed E-state index contributed by atoms with van der Waals surface area (Å²) in [6.45, 7) is 14.3. The second-order valence-electron chi connectivity index (χ2n) is 10.3. The van der Waals surface area contributed by atoms with Crippen molar-refractivity contribution in [3.8, 4) is 0 Å². The number of unbranched alkanes of at least 4 members (excludes halogenated alkanes) is 5. The van der Waals surface area contributed by atoms with Crippen LogP contribution in [-0.2, 0) is 0 Å². The minimum atomic E-state index is 0.568. The molecule has 0 aromatic carbocycles. The Hall–Kier alpha value is -0.520. The van der Waals surface area contributed by atoms with Crippen LogP contribution >= 0.6 is 0 Å². The van der Waals surface area contributed by atoms with Gasteiger partial charge in [-0.3, -0.25) is 0 Å². The van der Waals surface area contributed by atoms with Crippen LogP contribution in [0.15, 0.2) is 24.3 Å². The molecule has 1 fully saturated rings. The summed E-state index contributed by atoms with van der Waals surface area (Å²) in [5.41, 5.74) is 0.568. The van der Waals surface area contributed by atoms with Gasteiger partial charge in [-0.2, -0.15) is 0 Å². The topological polar surface area (TPSA) is 0 Å². The third-order valence-electron chi connectivity index (χ3n) is 6.77. The minimum Gasteiger partial charge on any atom is -0.0879 e. The van der Waals surface area contributed by atoms with Gasteiger partial charge >= 0.3 is 0 Å². The van der Waals surface area contributed by atoms with Crippen molar-refractivity contribution >= 4 is 0 Å². The van der Waals surface area contributed by atoms with Crippen LogP contribution in [0.3, 0.4) is 0 Å². The molecular formula is C27H50. The summed E-state index contributed by atoms with van der Waals surface area (Å²) < 4.78 is 0. The first-order valence-corrected chi connectivity index (χ1v) is 12.2. The quantitative estimate of drug-likeness (QED) is 0.186. The van der Waals surface area contributed by atoms with Crippen molar-refractivity contribution in [2.45, 2.75) is 119 Å². The lowest BCUT2D eigenvalue weighted by Crippen LogP contribution is -2.02. The molecule has 1 aliphatic rings. The smallest absolute Gasteiger partial charge is 0.00534 e. The van der Waals surface area contributed by atoms with E-state index in [1.54, 1.807) is 0 Å². The Balaban J connectivity index is 2.23. The molecule has 27 heavy (non-hydrogen) atoms. The second kappa shape index (κ2) is 13.6. The fourth-order valence-corrected chi connectivity index (χ4v) is 4.16. The normalized spacial score (nSPS) is 22.4. The zero-order valence-electron chi connectivity index (χ0n) is 19.6. The summed E-state index contributed by atoms with van der Waals surface area (Å²) in [5.74, 6) is 3.32. The predicted octanol–water partition coefficient (Wildman–Crippen LogP) is 9.36. The van der Waals surface area contributed by atoms with Gasteiger partial charge in [-0.15, -0.1) is 0 Å². The summed E-state index contributed by atoms with van der Waals surface area (Å²) in [7, 11) is 0. The van der Waals surface area contributed by atoms with Crippen LogP contribution in [0.1, 0.15) is 119 Å². The van der Waals surface area contributed by atoms with Crippen LogP contribution in [0.4, 0.5) is 0 Å². The van der Waals surface area contributed by atoms with Crippen molar-refractivity contribution in [1.82, 2.24) is 0 Å². The molecule has 0 aliphatic heterocycles. The van der Waals surface area contributed by atoms with E-state index in [1.165, 1.54) is 77.0 Å². The van der Waals surface area contributed by atoms with Gasteiger partial charge in [0.2, 0.25) is 0 Å². The van der Waals surface area contributed by atoms with Crippen molar-refractivity contribution < 1.29 is 0 Å². The van der Waals surface area contributed by atoms with Gasteiger partial charge in [-0.05, 0) is 54.8 Å². The van der Waals surface area contributed by atoms with Gasteiger partial charge in [0, 0.05) is 0 Å². The number of rotatable bonds is 16. The summed E-state index contributed by atoms with van der Waals surface area (Å²) in [6.07, 6.45) is 26.4. The maximum Gasteiger partial charge on any atom is -0.00534 e. The van der Waals surface area contributed by atoms with E-state index in [1.807, 2.05) is 0 Å². The van der Waals surface area contributed by atoms with E-state index in [2.05, 4.69) is 65.8 Å². The molecular weight excluding hydrogens is 324 g/mol. The molecule has 0 saturated heterocycles. The molecule has 0 nitrogen and oxygen atoms in total. The standard InChI is InChI=1S/C27H50/c1-7-9-10-14-17-25(19-20-26-22-27(26,5)6)18-15-12-11-13-16-24(4)21-23(3)8-2/h14,17,19-20,23-26H,7-13,15-16,18,21-22H2,1-6H3. The molecule has 4 atom stereocenters. The Morgan fingerprint density at radius 1 is 0.889 bits per heavy atom. The SMILES string of the molecule is CCCCC=CC(C=CC1CC1(C)C)CCCCCCC(C)CC(C)CC. The molecule has 1 rings (SSSR count). The molecule has 1 saturated carbocycles. The van der Waals surface area contributed by atoms with Gasteiger partial charge < -0.3 is 0 Å². The molecule has 0 spiro atoms. The third kappa shape index (κ3) is 11.8. The third-order valence-corrected chi connectivity index (χ3v) is 6.77. The van der Waals surface area contributed by atoms with Gasteiger partial charge in [0.25, 0.3) is 0 Å². The molecule has 0 heteroatoms. The highest BCUT2D eigenvalue weighted by Crippen LogP contribution is 2.52. The van der Waals surface area contributed by atoms with Crippen LogP contribution < -0.4 is 0 Å². The molecule has 158 valence electrons. The molecule has 0 aromatic rings. The Morgan fingerprint density at radius 2 is 1.56 bits per heavy atom. The van der Waals surface area contributed by atoms with E-state index in [0.717, 1.165) is 17.8 Å². The fourth-order valence-electron chi connectivity index (χ4n) is 4.16. The number of allylic oxidation sites excluding steroid dienone is 4. The highest BCUT2D eigenvalue weighted by Gasteiger charge is 2.43. The zero-order valence-corrected chi connectivity index (χ0v) is 19.6. The second-order valence-corrected chi connectivity index (χ2v) is 10.3. The molecule has 4 unspecified atom stereocenters. The van der Waals surface area contributed by atoms with Crippen molar-refractivity contribution in [2.75, 3.05) is 0 Å². The van der Waals surface area contributed by atoms with Gasteiger partial charge in [-0.25, -0.2) is 0 Å². The van der Waals surface area contributed by atoms with Crippen LogP contribution in [0, 0.1) is 29.1 Å². The Kier molecular flexibility index (Phi) is 12.4. The van der Waals surface area contributed by atoms with Gasteiger partial charge in [-0.1, -0.05) is 117 Å². The number of hydrogen-bond donors (Lipinski definition) is 0. The Labute approximate surface area is 172 Å². The summed E-state index contributed by atoms with van der Waals surface area (Å²) in [5, 5.41) is 0. The van der Waals surface area contributed by atoms with Crippen LogP contribution in [0.2, 0.25) is 0 Å². The van der Waals surface area contributed by atoms with E-state index < -0.39 is 0 Å². The van der Waals surface area contributed by atoms with Gasteiger partial charge in [0.1, 0.15) is 0 Å². The van der Waals surface area contributed by atoms with Gasteiger partial charge in [0.05, 0.1) is 0 Å². The predicted molar refractivity (Wildman–Crippen MR) is 124 cm³/mol. The lowest BCUT2D eigenvalue weighted by Gasteiger charge is -2.15. The van der Waals surface area contributed by atoms with Crippen molar-refractivity contribution in [2.24, 2.45) is 29.1 Å². The van der Waals surface area contributed by atoms with E-state index in [4.69, 9.17) is 0 Å². The first-order valence-electron chi connectivity index (χ1n) is 12.2. The zero-order chi connectivity index (χ0) is 20.1. The van der Waals surface area contributed by atoms with Crippen LogP contribution in [0.25, 0.3) is 0 Å². The highest BCUT2D eigenvalue weighted by atomic mass is 14.5. The van der Waals surface area contributed by atoms with Gasteiger partial charge in [0.15, 0.2) is 0 Å². The average molecular weight is 375 g/mol. The molecule has 0 amide bonds. The first-order chi connectivity index (χ1) is 12.9. The van der Waals surface area contributed by atoms with Crippen LogP contribution in [0.5, 0.6) is 0 Å². The summed E-state index contributed by atoms with van der Waals surface area (Å²) in [6, 6.07) is 0. The fraction of sp³-hybridized carbons (Fsp3) is 0.852. The van der Waals surface area contributed by atoms with Crippen molar-refractivity contribution in [3.63, 3.8) is 0 Å². The van der Waals surface area contributed by atoms with E-state index in [9.17, 15) is 0 Å². The van der Waals surface area contributed by atoms with Crippen LogP contribution in [-0.4, -0.2) is 0 Å². The highest BCUT2D eigenvalue weighted by molar-refractivity contribution is 5.11. The lowest BCUT2D eigenvalue weighted by atomic mass is 9.91. The lowest BCUT2D eigenvalue weighted by molar-refractivity contribution is 0.374. The van der Waals surface area contributed by atoms with E-state index >= 15 is 0 Å². The molecule has 0 heterocycles. The van der Waals surface area contributed by atoms with E-state index in [0.29, 0.717) is 11.3 Å². The average Bonchev–Trinajstić information content (AvgIpc) is 3.25. The van der Waals surface area contributed by atoms with Crippen molar-refractivity contribution in [1.29, 1.82) is 0 Å². The number of hydrogen-bond acceptors (Lipinski definition) is 0. The van der Waals surface area contributed by atoms with Crippen molar-refractivity contribution in [3.05, 3.63) is 24.3 Å². The Morgan fingerprint density at radius 3 is 2.15 bits per heavy atom. The minimum absolute atomic E-state index is 0.568. The first kappa shape index (κ1) is 24.5. The molecule has 0 aromatic heterocycles. The maximum absolute atomic E-state index is 2.52. The Bertz CT molecular complexity index is 414. The van der Waals surface area contributed by atoms with E-state index in [-0.39, 0.29) is 0 Å². The molecule has 0 radical (unpaired) electrons. The summed E-state index contributed by atoms with van der Waals surface area (Å²) >= 11 is 0. The molecule has 1 aliphatic carbocycles. The monoisotopic (exact) mass is 374 g/mol. The largest absolute Gasteiger partial charge is 0.0879 e. The summed E-state index contributed by atoms with van der Waals surface area (Å²) in [4.78, 5) is 0.